The van der Waals surface area contributed by atoms with Gasteiger partial charge in [0.2, 0.25) is 11.8 Å². The first-order valence-corrected chi connectivity index (χ1v) is 8.21. The fourth-order valence-corrected chi connectivity index (χ4v) is 2.89. The fourth-order valence-electron chi connectivity index (χ4n) is 2.89. The van der Waals surface area contributed by atoms with E-state index in [0.29, 0.717) is 19.5 Å². The molecule has 1 fully saturated rings. The minimum absolute atomic E-state index is 0.0644. The molecule has 1 aliphatic rings. The lowest BCUT2D eigenvalue weighted by molar-refractivity contribution is -0.135. The lowest BCUT2D eigenvalue weighted by Crippen LogP contribution is -2.43. The highest BCUT2D eigenvalue weighted by atomic mass is 16.2. The molecule has 0 bridgehead atoms. The summed E-state index contributed by atoms with van der Waals surface area (Å²) in [7, 11) is 0. The SMILES string of the molecule is CCCNC(=O)C1CCN(C(=O)Cc2cccc(C)c2)CC1. The minimum atomic E-state index is 0.0644. The summed E-state index contributed by atoms with van der Waals surface area (Å²) in [6.45, 7) is 6.20. The van der Waals surface area contributed by atoms with Gasteiger partial charge >= 0.3 is 0 Å². The monoisotopic (exact) mass is 302 g/mol. The number of hydrogen-bond donors (Lipinski definition) is 1. The van der Waals surface area contributed by atoms with Gasteiger partial charge < -0.3 is 10.2 Å². The van der Waals surface area contributed by atoms with Crippen molar-refractivity contribution >= 4 is 11.8 Å². The molecule has 1 heterocycles. The number of benzene rings is 1. The zero-order valence-electron chi connectivity index (χ0n) is 13.6. The first kappa shape index (κ1) is 16.5. The van der Waals surface area contributed by atoms with Crippen molar-refractivity contribution in [1.82, 2.24) is 10.2 Å². The molecule has 0 aliphatic carbocycles. The molecule has 0 radical (unpaired) electrons. The Balaban J connectivity index is 1.81. The molecule has 22 heavy (non-hydrogen) atoms. The van der Waals surface area contributed by atoms with E-state index in [1.54, 1.807) is 0 Å². The van der Waals surface area contributed by atoms with Gasteiger partial charge in [-0.05, 0) is 31.7 Å². The van der Waals surface area contributed by atoms with Crippen LogP contribution in [0.15, 0.2) is 24.3 Å². The van der Waals surface area contributed by atoms with Crippen molar-refractivity contribution in [1.29, 1.82) is 0 Å². The van der Waals surface area contributed by atoms with Crippen molar-refractivity contribution in [3.8, 4) is 0 Å². The smallest absolute Gasteiger partial charge is 0.226 e. The molecule has 0 saturated carbocycles. The summed E-state index contributed by atoms with van der Waals surface area (Å²) in [6, 6.07) is 8.08. The molecule has 1 N–H and O–H groups in total. The summed E-state index contributed by atoms with van der Waals surface area (Å²) in [5, 5.41) is 2.95. The Morgan fingerprint density at radius 2 is 2.00 bits per heavy atom. The fraction of sp³-hybridized carbons (Fsp3) is 0.556. The van der Waals surface area contributed by atoms with Gasteiger partial charge in [-0.2, -0.15) is 0 Å². The van der Waals surface area contributed by atoms with Gasteiger partial charge in [0.15, 0.2) is 0 Å². The quantitative estimate of drug-likeness (QED) is 0.907. The number of aryl methyl sites for hydroxylation is 1. The number of rotatable bonds is 5. The topological polar surface area (TPSA) is 49.4 Å². The molecule has 1 saturated heterocycles. The summed E-state index contributed by atoms with van der Waals surface area (Å²) in [5.74, 6) is 0.375. The lowest BCUT2D eigenvalue weighted by Gasteiger charge is -2.31. The van der Waals surface area contributed by atoms with Crippen molar-refractivity contribution < 1.29 is 9.59 Å². The number of carbonyl (C=O) groups excluding carboxylic acids is 2. The Kier molecular flexibility index (Phi) is 5.99. The largest absolute Gasteiger partial charge is 0.356 e. The van der Waals surface area contributed by atoms with Crippen LogP contribution >= 0.6 is 0 Å². The Labute approximate surface area is 132 Å². The molecular weight excluding hydrogens is 276 g/mol. The van der Waals surface area contributed by atoms with Gasteiger partial charge in [-0.1, -0.05) is 36.8 Å². The van der Waals surface area contributed by atoms with Crippen LogP contribution in [-0.4, -0.2) is 36.3 Å². The van der Waals surface area contributed by atoms with Crippen LogP contribution in [0.3, 0.4) is 0 Å². The van der Waals surface area contributed by atoms with Crippen molar-refractivity contribution in [2.24, 2.45) is 5.92 Å². The van der Waals surface area contributed by atoms with Crippen LogP contribution in [0.1, 0.15) is 37.3 Å². The van der Waals surface area contributed by atoms with E-state index in [1.165, 1.54) is 5.56 Å². The second-order valence-electron chi connectivity index (χ2n) is 6.11. The molecule has 0 aromatic heterocycles. The third kappa shape index (κ3) is 4.58. The average molecular weight is 302 g/mol. The van der Waals surface area contributed by atoms with E-state index in [-0.39, 0.29) is 17.7 Å². The molecule has 2 amide bonds. The summed E-state index contributed by atoms with van der Waals surface area (Å²) in [6.07, 6.45) is 2.96. The van der Waals surface area contributed by atoms with Crippen molar-refractivity contribution in [3.63, 3.8) is 0 Å². The summed E-state index contributed by atoms with van der Waals surface area (Å²) in [5.41, 5.74) is 2.24. The third-order valence-electron chi connectivity index (χ3n) is 4.21. The highest BCUT2D eigenvalue weighted by Crippen LogP contribution is 2.18. The van der Waals surface area contributed by atoms with Crippen molar-refractivity contribution in [3.05, 3.63) is 35.4 Å². The van der Waals surface area contributed by atoms with Gasteiger partial charge in [0, 0.05) is 25.6 Å². The maximum atomic E-state index is 12.4. The van der Waals surface area contributed by atoms with Crippen molar-refractivity contribution in [2.75, 3.05) is 19.6 Å². The van der Waals surface area contributed by atoms with E-state index in [1.807, 2.05) is 36.9 Å². The number of nitrogens with zero attached hydrogens (tertiary/aromatic N) is 1. The Morgan fingerprint density at radius 3 is 2.64 bits per heavy atom. The van der Waals surface area contributed by atoms with Crippen LogP contribution in [0.25, 0.3) is 0 Å². The molecule has 0 unspecified atom stereocenters. The van der Waals surface area contributed by atoms with Crippen LogP contribution in [-0.2, 0) is 16.0 Å². The first-order chi connectivity index (χ1) is 10.6. The molecule has 4 heteroatoms. The first-order valence-electron chi connectivity index (χ1n) is 8.21. The Morgan fingerprint density at radius 1 is 1.27 bits per heavy atom. The van der Waals surface area contributed by atoms with E-state index < -0.39 is 0 Å². The lowest BCUT2D eigenvalue weighted by atomic mass is 9.95. The molecule has 1 aromatic rings. The number of carbonyl (C=O) groups is 2. The minimum Gasteiger partial charge on any atom is -0.356 e. The van der Waals surface area contributed by atoms with Crippen LogP contribution in [0.5, 0.6) is 0 Å². The third-order valence-corrected chi connectivity index (χ3v) is 4.21. The second kappa shape index (κ2) is 7.97. The molecular formula is C18H26N2O2. The van der Waals surface area contributed by atoms with E-state index >= 15 is 0 Å². The molecule has 2 rings (SSSR count). The number of hydrogen-bond acceptors (Lipinski definition) is 2. The molecule has 120 valence electrons. The van der Waals surface area contributed by atoms with Gasteiger partial charge in [-0.3, -0.25) is 9.59 Å². The molecule has 0 spiro atoms. The normalized spacial score (nSPS) is 15.6. The molecule has 0 atom stereocenters. The summed E-state index contributed by atoms with van der Waals surface area (Å²) in [4.78, 5) is 26.2. The highest BCUT2D eigenvalue weighted by molar-refractivity contribution is 5.81. The molecule has 1 aromatic carbocycles. The number of likely N-dealkylation sites (tertiary alicyclic amines) is 1. The van der Waals surface area contributed by atoms with Crippen LogP contribution in [0.4, 0.5) is 0 Å². The van der Waals surface area contributed by atoms with E-state index in [9.17, 15) is 9.59 Å². The molecule has 1 aliphatic heterocycles. The van der Waals surface area contributed by atoms with E-state index in [2.05, 4.69) is 11.4 Å². The number of piperidine rings is 1. The van der Waals surface area contributed by atoms with Gasteiger partial charge in [0.05, 0.1) is 6.42 Å². The summed E-state index contributed by atoms with van der Waals surface area (Å²) >= 11 is 0. The van der Waals surface area contributed by atoms with E-state index in [0.717, 1.165) is 31.4 Å². The number of nitrogens with one attached hydrogen (secondary N) is 1. The Bertz CT molecular complexity index is 520. The zero-order valence-corrected chi connectivity index (χ0v) is 13.6. The molecule has 4 nitrogen and oxygen atoms in total. The maximum Gasteiger partial charge on any atom is 0.226 e. The van der Waals surface area contributed by atoms with Gasteiger partial charge in [0.1, 0.15) is 0 Å². The standard InChI is InChI=1S/C18H26N2O2/c1-3-9-19-18(22)16-7-10-20(11-8-16)17(21)13-15-6-4-5-14(2)12-15/h4-6,12,16H,3,7-11,13H2,1-2H3,(H,19,22). The second-order valence-corrected chi connectivity index (χ2v) is 6.11. The van der Waals surface area contributed by atoms with Gasteiger partial charge in [0.25, 0.3) is 0 Å². The number of amides is 2. The van der Waals surface area contributed by atoms with Crippen LogP contribution in [0.2, 0.25) is 0 Å². The van der Waals surface area contributed by atoms with Crippen LogP contribution in [0, 0.1) is 12.8 Å². The summed E-state index contributed by atoms with van der Waals surface area (Å²) < 4.78 is 0. The van der Waals surface area contributed by atoms with Crippen LogP contribution < -0.4 is 5.32 Å². The average Bonchev–Trinajstić information content (AvgIpc) is 2.52. The van der Waals surface area contributed by atoms with Gasteiger partial charge in [-0.15, -0.1) is 0 Å². The van der Waals surface area contributed by atoms with Gasteiger partial charge in [-0.25, -0.2) is 0 Å². The van der Waals surface area contributed by atoms with E-state index in [4.69, 9.17) is 0 Å². The predicted octanol–water partition coefficient (Wildman–Crippen LogP) is 2.30. The highest BCUT2D eigenvalue weighted by Gasteiger charge is 2.26. The maximum absolute atomic E-state index is 12.4. The van der Waals surface area contributed by atoms with Crippen molar-refractivity contribution in [2.45, 2.75) is 39.5 Å². The zero-order chi connectivity index (χ0) is 15.9. The predicted molar refractivity (Wildman–Crippen MR) is 87.5 cm³/mol. The Hall–Kier alpha value is -1.84.